The highest BCUT2D eigenvalue weighted by Crippen LogP contribution is 2.91. The van der Waals surface area contributed by atoms with Gasteiger partial charge in [-0.05, 0) is 277 Å². The second-order valence-electron chi connectivity index (χ2n) is 43.3. The number of ether oxygens (including phenoxy) is 6. The van der Waals surface area contributed by atoms with E-state index in [1.54, 1.807) is 55.4 Å². The number of benzene rings is 1. The number of fused-ring (bicyclic) bond motifs is 4. The fraction of sp³-hybridized carbons (Fsp3) is 0.884. The summed E-state index contributed by atoms with van der Waals surface area (Å²) in [5, 5.41) is 82.2. The molecule has 12 fully saturated rings. The summed E-state index contributed by atoms with van der Waals surface area (Å²) in [5.41, 5.74) is -6.12. The summed E-state index contributed by atoms with van der Waals surface area (Å²) in [7, 11) is 0. The van der Waals surface area contributed by atoms with Crippen LogP contribution in [0.3, 0.4) is 0 Å². The summed E-state index contributed by atoms with van der Waals surface area (Å²) < 4.78 is 98.5. The lowest BCUT2D eigenvalue weighted by Gasteiger charge is -2.64. The minimum Gasteiger partial charge on any atom is -0.503 e. The van der Waals surface area contributed by atoms with Crippen molar-refractivity contribution in [2.75, 3.05) is 0 Å². The Morgan fingerprint density at radius 2 is 0.836 bits per heavy atom. The molecule has 12 aliphatic rings. The summed E-state index contributed by atoms with van der Waals surface area (Å²) in [6.07, 6.45) is 10.5. The van der Waals surface area contributed by atoms with Crippen LogP contribution in [0.5, 0.6) is 5.75 Å². The number of hydrogen-bond donors (Lipinski definition) is 9. The number of aromatic hydroxyl groups is 1. The number of amides is 2. The molecule has 9 N–H and O–H groups in total. The summed E-state index contributed by atoms with van der Waals surface area (Å²) >= 11 is 0. The minimum absolute atomic E-state index is 0.0267. The van der Waals surface area contributed by atoms with Gasteiger partial charge in [-0.15, -0.1) is 0 Å². The van der Waals surface area contributed by atoms with Gasteiger partial charge in [-0.2, -0.15) is 8.78 Å². The molecular weight excluding hydrogens is 1430 g/mol. The van der Waals surface area contributed by atoms with E-state index in [-0.39, 0.29) is 108 Å². The third-order valence-corrected chi connectivity index (χ3v) is 32.4. The standard InChI is InChI=1S/C50H84N2O11.C30H50O5.C6HF5O/c1-27(2)34(51-40(56)62-42(5,6)7)38(54)59-30-24-31-47(16)25-29(53)36(48(17)20-18-33(61-48)45(13,14)58)46(47,15)22-23-49(31)26-50(49)21-19-32(44(11,12)37(30)50)60-39(55)35(28(3)4)52-41(57)63-43(8,9)10;1-24(2)20(33)8-11-30-16-29(30)13-12-26(5)23(28(7)10-9-21(35-28)25(3,4)34)18(32)15-27(26,6)19(29)14-17(31)22(24)30;7-1-2(8)4(10)6(12)5(11)3(1)9/h27-37,53,58H,18-26H2,1-17H3,(H,51,56)(H,52,57);17-23,31-34H,8-16H2,1-7H3;12H/t29-,30-,31?,32-,33-,34-,35-,36-,37-,46+,47-,48+,49?,50+;17-,18-,19?,20-,21-,22-,23-,26+,27-,28+,29?,30+;/m00./s1. The molecule has 2 amide bonds. The maximum absolute atomic E-state index is 14.6. The number of esters is 2. The Morgan fingerprint density at radius 1 is 0.455 bits per heavy atom. The zero-order chi connectivity index (χ0) is 82.6. The van der Waals surface area contributed by atoms with Crippen LogP contribution in [0.15, 0.2) is 0 Å². The first kappa shape index (κ1) is 86.7. The zero-order valence-corrected chi connectivity index (χ0v) is 70.2. The van der Waals surface area contributed by atoms with Gasteiger partial charge in [0.2, 0.25) is 29.1 Å². The molecule has 4 unspecified atom stereocenters. The molecule has 4 spiro atoms. The van der Waals surface area contributed by atoms with Crippen LogP contribution < -0.4 is 10.6 Å². The molecule has 2 aliphatic heterocycles. The number of halogens is 5. The third kappa shape index (κ3) is 13.6. The molecule has 0 bridgehead atoms. The van der Waals surface area contributed by atoms with Crippen LogP contribution in [0.2, 0.25) is 0 Å². The van der Waals surface area contributed by atoms with Crippen LogP contribution in [0, 0.1) is 131 Å². The Kier molecular flexibility index (Phi) is 21.9. The van der Waals surface area contributed by atoms with Crippen molar-refractivity contribution in [3.8, 4) is 5.75 Å². The normalized spacial score (nSPS) is 43.6. The van der Waals surface area contributed by atoms with Gasteiger partial charge >= 0.3 is 24.1 Å². The van der Waals surface area contributed by atoms with E-state index >= 15 is 0 Å². The number of rotatable bonds is 12. The second-order valence-corrected chi connectivity index (χ2v) is 43.3. The first-order chi connectivity index (χ1) is 50.0. The number of aliphatic hydroxyl groups is 6. The van der Waals surface area contributed by atoms with E-state index in [2.05, 4.69) is 79.9 Å². The highest BCUT2D eigenvalue weighted by molar-refractivity contribution is 5.83. The van der Waals surface area contributed by atoms with E-state index in [4.69, 9.17) is 33.5 Å². The Hall–Kier alpha value is -4.17. The molecule has 626 valence electrons. The van der Waals surface area contributed by atoms with Gasteiger partial charge in [-0.1, -0.05) is 83.1 Å². The van der Waals surface area contributed by atoms with E-state index in [1.165, 1.54) is 6.42 Å². The number of phenolic OH excluding ortho intramolecular Hbond substituents is 1. The quantitative estimate of drug-likeness (QED) is 0.0309. The molecule has 13 rings (SSSR count). The topological polar surface area (TPSA) is 289 Å². The maximum Gasteiger partial charge on any atom is 0.408 e. The molecular formula is C86H135F5N2O17. The summed E-state index contributed by atoms with van der Waals surface area (Å²) in [5.74, 6) is -14.3. The van der Waals surface area contributed by atoms with Gasteiger partial charge in [0, 0.05) is 23.2 Å². The summed E-state index contributed by atoms with van der Waals surface area (Å²) in [6.45, 7) is 47.9. The number of hydrogen-bond acceptors (Lipinski definition) is 17. The van der Waals surface area contributed by atoms with Crippen molar-refractivity contribution in [1.82, 2.24) is 10.6 Å². The second kappa shape index (κ2) is 27.7. The van der Waals surface area contributed by atoms with Gasteiger partial charge in [0.25, 0.3) is 0 Å². The number of alkyl carbamates (subject to hydrolysis) is 2. The first-order valence-electron chi connectivity index (χ1n) is 41.2. The van der Waals surface area contributed by atoms with Gasteiger partial charge in [-0.25, -0.2) is 32.3 Å². The average Bonchev–Trinajstić information content (AvgIpc) is 1.46. The maximum atomic E-state index is 14.6. The van der Waals surface area contributed by atoms with E-state index in [0.717, 1.165) is 89.9 Å². The van der Waals surface area contributed by atoms with Crippen molar-refractivity contribution < 1.29 is 105 Å². The lowest BCUT2D eigenvalue weighted by atomic mass is 9.41. The van der Waals surface area contributed by atoms with E-state index in [0.29, 0.717) is 25.2 Å². The van der Waals surface area contributed by atoms with Crippen LogP contribution in [0.4, 0.5) is 31.5 Å². The summed E-state index contributed by atoms with van der Waals surface area (Å²) in [6, 6.07) is -1.91. The van der Waals surface area contributed by atoms with Crippen LogP contribution in [0.1, 0.15) is 282 Å². The Bertz CT molecular complexity index is 3590. The molecule has 2 heterocycles. The molecule has 19 nitrogen and oxygen atoms in total. The zero-order valence-electron chi connectivity index (χ0n) is 70.2. The molecule has 1 aromatic carbocycles. The number of phenols is 1. The van der Waals surface area contributed by atoms with Crippen molar-refractivity contribution in [3.05, 3.63) is 29.1 Å². The van der Waals surface area contributed by atoms with Crippen molar-refractivity contribution in [2.24, 2.45) is 101 Å². The Labute approximate surface area is 649 Å². The van der Waals surface area contributed by atoms with Crippen LogP contribution in [-0.2, 0) is 38.0 Å². The fourth-order valence-corrected chi connectivity index (χ4v) is 27.4. The first-order valence-corrected chi connectivity index (χ1v) is 41.2. The summed E-state index contributed by atoms with van der Waals surface area (Å²) in [4.78, 5) is 54.8. The lowest BCUT2D eigenvalue weighted by molar-refractivity contribution is -0.226. The fourth-order valence-electron chi connectivity index (χ4n) is 27.4. The molecule has 10 saturated carbocycles. The predicted octanol–water partition coefficient (Wildman–Crippen LogP) is 15.2. The highest BCUT2D eigenvalue weighted by Gasteiger charge is 2.87. The molecule has 1 aromatic rings. The number of carbonyl (C=O) groups is 4. The van der Waals surface area contributed by atoms with Crippen molar-refractivity contribution in [3.63, 3.8) is 0 Å². The Balaban J connectivity index is 0.000000210. The van der Waals surface area contributed by atoms with Gasteiger partial charge in [-0.3, -0.25) is 0 Å². The van der Waals surface area contributed by atoms with Gasteiger partial charge in [0.05, 0.1) is 59.0 Å². The smallest absolute Gasteiger partial charge is 0.408 e. The van der Waals surface area contributed by atoms with Crippen LogP contribution in [-0.4, -0.2) is 154 Å². The minimum atomic E-state index is -2.29. The van der Waals surface area contributed by atoms with Gasteiger partial charge < -0.3 is 74.8 Å². The Morgan fingerprint density at radius 3 is 1.23 bits per heavy atom. The number of aliphatic hydroxyl groups excluding tert-OH is 4. The van der Waals surface area contributed by atoms with Crippen molar-refractivity contribution >= 4 is 24.1 Å². The lowest BCUT2D eigenvalue weighted by Crippen LogP contribution is -2.63. The number of nitrogens with one attached hydrogen (secondary N) is 2. The molecule has 110 heavy (non-hydrogen) atoms. The van der Waals surface area contributed by atoms with E-state index in [1.807, 2.05) is 41.5 Å². The van der Waals surface area contributed by atoms with E-state index < -0.39 is 141 Å². The SMILES string of the molecule is CC(C)(O)[C@@H]1CC[C@](C)([C@H]2[C@@H](O)C[C@@]3(C)C4C[C@H](O)[C@H]5C(C)(C)[C@@H](O)CC[C@@]56CC46CC[C@]23C)O1.CC(C)[C@H](NC(=O)OC(C)(C)C)C(=O)O[C@H]1CC2C3(CC[C@]4(C)[C@@H]([C@@]5(C)CC[C@@H](C(C)(C)O)O5)[C@@H](O)C[C@@]24C)C[C@@]32CC[C@H](OC(=O)[C@@H](NC(=O)OC(C)(C)C)C(C)C)C(C)(C)[C@H]12.Oc1c(F)c(F)c(F)c(F)c1F. The van der Waals surface area contributed by atoms with E-state index in [9.17, 15) is 71.8 Å². The monoisotopic (exact) mass is 1560 g/mol. The number of carbonyl (C=O) groups excluding carboxylic acids is 4. The molecule has 10 aliphatic carbocycles. The van der Waals surface area contributed by atoms with Crippen LogP contribution in [0.25, 0.3) is 0 Å². The molecule has 26 atom stereocenters. The molecule has 2 saturated heterocycles. The largest absolute Gasteiger partial charge is 0.503 e. The van der Waals surface area contributed by atoms with Crippen molar-refractivity contribution in [1.29, 1.82) is 0 Å². The molecule has 0 radical (unpaired) electrons. The van der Waals surface area contributed by atoms with Gasteiger partial charge in [0.15, 0.2) is 5.75 Å². The van der Waals surface area contributed by atoms with Gasteiger partial charge in [0.1, 0.15) is 35.5 Å². The van der Waals surface area contributed by atoms with Crippen molar-refractivity contribution in [2.45, 2.75) is 376 Å². The molecule has 24 heteroatoms. The van der Waals surface area contributed by atoms with Crippen LogP contribution >= 0.6 is 0 Å². The predicted molar refractivity (Wildman–Crippen MR) is 401 cm³/mol. The average molecular weight is 1560 g/mol. The third-order valence-electron chi connectivity index (χ3n) is 32.4. The molecule has 0 aromatic heterocycles. The highest BCUT2D eigenvalue weighted by atomic mass is 19.2.